The summed E-state index contributed by atoms with van der Waals surface area (Å²) in [5, 5.41) is -0.205. The summed E-state index contributed by atoms with van der Waals surface area (Å²) in [6.45, 7) is 0.905. The van der Waals surface area contributed by atoms with Crippen LogP contribution in [0.25, 0.3) is 6.08 Å². The molecule has 0 spiro atoms. The third kappa shape index (κ3) is 6.49. The maximum atomic E-state index is 12.8. The van der Waals surface area contributed by atoms with Crippen LogP contribution in [-0.2, 0) is 17.8 Å². The van der Waals surface area contributed by atoms with Gasteiger partial charge in [0.05, 0.1) is 8.48 Å². The van der Waals surface area contributed by atoms with Crippen LogP contribution in [0.3, 0.4) is 0 Å². The molecule has 1 aliphatic heterocycles. The van der Waals surface area contributed by atoms with E-state index < -0.39 is 0 Å². The lowest BCUT2D eigenvalue weighted by Crippen LogP contribution is -2.29. The van der Waals surface area contributed by atoms with E-state index in [-0.39, 0.29) is 11.1 Å². The van der Waals surface area contributed by atoms with Crippen LogP contribution in [-0.4, -0.2) is 22.6 Å². The van der Waals surface area contributed by atoms with Crippen molar-refractivity contribution in [2.75, 3.05) is 6.54 Å². The number of carbonyl (C=O) groups is 2. The molecule has 2 amide bonds. The highest BCUT2D eigenvalue weighted by molar-refractivity contribution is 14.1. The summed E-state index contributed by atoms with van der Waals surface area (Å²) >= 11 is 6.66. The molecule has 7 heteroatoms. The monoisotopic (exact) mass is 633 g/mol. The largest absolute Gasteiger partial charge is 0.488 e. The molecular formula is C26H21BrINO3S. The van der Waals surface area contributed by atoms with E-state index >= 15 is 0 Å². The normalized spacial score (nSPS) is 14.8. The van der Waals surface area contributed by atoms with Crippen LogP contribution in [0.5, 0.6) is 5.75 Å². The number of ether oxygens (including phenoxy) is 1. The smallest absolute Gasteiger partial charge is 0.293 e. The summed E-state index contributed by atoms with van der Waals surface area (Å²) in [7, 11) is 0. The van der Waals surface area contributed by atoms with E-state index in [1.807, 2.05) is 60.7 Å². The Hall–Kier alpha value is -2.10. The molecule has 0 saturated carbocycles. The first kappa shape index (κ1) is 24.0. The second-order valence-corrected chi connectivity index (χ2v) is 10.6. The molecule has 0 radical (unpaired) electrons. The van der Waals surface area contributed by atoms with Crippen LogP contribution in [0, 0.1) is 3.57 Å². The predicted molar refractivity (Wildman–Crippen MR) is 145 cm³/mol. The Bertz CT molecular complexity index is 1180. The minimum Gasteiger partial charge on any atom is -0.488 e. The van der Waals surface area contributed by atoms with Crippen molar-refractivity contribution in [1.29, 1.82) is 0 Å². The molecule has 4 rings (SSSR count). The zero-order valence-electron chi connectivity index (χ0n) is 17.7. The predicted octanol–water partition coefficient (Wildman–Crippen LogP) is 7.30. The highest BCUT2D eigenvalue weighted by atomic mass is 127. The zero-order chi connectivity index (χ0) is 23.2. The number of hydrogen-bond acceptors (Lipinski definition) is 4. The van der Waals surface area contributed by atoms with Gasteiger partial charge < -0.3 is 4.74 Å². The zero-order valence-corrected chi connectivity index (χ0v) is 22.2. The van der Waals surface area contributed by atoms with E-state index in [4.69, 9.17) is 4.74 Å². The first-order chi connectivity index (χ1) is 16.0. The number of benzene rings is 3. The van der Waals surface area contributed by atoms with Gasteiger partial charge in [0.2, 0.25) is 0 Å². The number of nitrogens with zero attached hydrogens (tertiary/aromatic N) is 1. The van der Waals surface area contributed by atoms with Gasteiger partial charge in [-0.2, -0.15) is 0 Å². The van der Waals surface area contributed by atoms with Crippen molar-refractivity contribution >= 4 is 67.5 Å². The van der Waals surface area contributed by atoms with Gasteiger partial charge in [0.15, 0.2) is 0 Å². The maximum Gasteiger partial charge on any atom is 0.293 e. The number of hydrogen-bond donors (Lipinski definition) is 0. The van der Waals surface area contributed by atoms with Crippen LogP contribution < -0.4 is 4.74 Å². The Balaban J connectivity index is 1.36. The summed E-state index contributed by atoms with van der Waals surface area (Å²) in [4.78, 5) is 27.0. The molecule has 0 unspecified atom stereocenters. The third-order valence-electron chi connectivity index (χ3n) is 5.12. The summed E-state index contributed by atoms with van der Waals surface area (Å²) in [5.74, 6) is 0.563. The minimum absolute atomic E-state index is 0.205. The lowest BCUT2D eigenvalue weighted by molar-refractivity contribution is -0.122. The Morgan fingerprint density at radius 3 is 2.45 bits per heavy atom. The Morgan fingerprint density at radius 1 is 0.970 bits per heavy atom. The van der Waals surface area contributed by atoms with Gasteiger partial charge in [-0.1, -0.05) is 64.5 Å². The van der Waals surface area contributed by atoms with Gasteiger partial charge in [0.25, 0.3) is 11.1 Å². The van der Waals surface area contributed by atoms with E-state index in [0.29, 0.717) is 18.1 Å². The van der Waals surface area contributed by atoms with Crippen LogP contribution in [0.4, 0.5) is 4.79 Å². The van der Waals surface area contributed by atoms with Gasteiger partial charge in [-0.25, -0.2) is 0 Å². The molecule has 1 saturated heterocycles. The first-order valence-corrected chi connectivity index (χ1v) is 13.1. The van der Waals surface area contributed by atoms with Crippen molar-refractivity contribution in [2.45, 2.75) is 19.4 Å². The lowest BCUT2D eigenvalue weighted by atomic mass is 10.1. The summed E-state index contributed by atoms with van der Waals surface area (Å²) in [6, 6.07) is 23.9. The minimum atomic E-state index is -0.219. The molecule has 3 aromatic carbocycles. The standard InChI is InChI=1S/C26H21BrINO3S/c27-21-11-8-19(9-12-21)17-32-23-13-10-20(15-22(23)28)16-24-25(30)29(26(31)33-24)14-4-7-18-5-2-1-3-6-18/h1-3,5-6,8-13,15-16H,4,7,14,17H2/b24-16+. The number of thioether (sulfide) groups is 1. The van der Waals surface area contributed by atoms with Crippen molar-refractivity contribution in [1.82, 2.24) is 4.90 Å². The van der Waals surface area contributed by atoms with E-state index in [9.17, 15) is 9.59 Å². The molecule has 4 nitrogen and oxygen atoms in total. The van der Waals surface area contributed by atoms with Crippen molar-refractivity contribution < 1.29 is 14.3 Å². The van der Waals surface area contributed by atoms with E-state index in [1.165, 1.54) is 10.5 Å². The molecule has 0 N–H and O–H groups in total. The number of amides is 2. The number of halogens is 2. The fraction of sp³-hybridized carbons (Fsp3) is 0.154. The molecule has 1 heterocycles. The number of carbonyl (C=O) groups excluding carboxylic acids is 2. The third-order valence-corrected chi connectivity index (χ3v) is 7.40. The molecule has 0 aliphatic carbocycles. The maximum absolute atomic E-state index is 12.8. The molecule has 33 heavy (non-hydrogen) atoms. The van der Waals surface area contributed by atoms with Crippen LogP contribution in [0.15, 0.2) is 82.2 Å². The van der Waals surface area contributed by atoms with Gasteiger partial charge in [0.1, 0.15) is 12.4 Å². The van der Waals surface area contributed by atoms with Gasteiger partial charge in [-0.3, -0.25) is 14.5 Å². The highest BCUT2D eigenvalue weighted by Gasteiger charge is 2.34. The number of imide groups is 1. The second kappa shape index (κ2) is 11.4. The van der Waals surface area contributed by atoms with Crippen molar-refractivity contribution in [3.8, 4) is 5.75 Å². The fourth-order valence-corrected chi connectivity index (χ4v) is 5.22. The number of aryl methyl sites for hydroxylation is 1. The summed E-state index contributed by atoms with van der Waals surface area (Å²) < 4.78 is 7.92. The quantitative estimate of drug-likeness (QED) is 0.193. The number of rotatable bonds is 8. The van der Waals surface area contributed by atoms with Gasteiger partial charge in [0, 0.05) is 11.0 Å². The Morgan fingerprint density at radius 2 is 1.73 bits per heavy atom. The van der Waals surface area contributed by atoms with Crippen LogP contribution >= 0.6 is 50.3 Å². The highest BCUT2D eigenvalue weighted by Crippen LogP contribution is 2.33. The molecule has 1 aliphatic rings. The van der Waals surface area contributed by atoms with Gasteiger partial charge >= 0.3 is 0 Å². The van der Waals surface area contributed by atoms with Crippen LogP contribution in [0.1, 0.15) is 23.1 Å². The van der Waals surface area contributed by atoms with E-state index in [0.717, 1.165) is 49.5 Å². The molecule has 0 aromatic heterocycles. The Labute approximate surface area is 219 Å². The molecule has 0 atom stereocenters. The Kier molecular flexibility index (Phi) is 8.27. The summed E-state index contributed by atoms with van der Waals surface area (Å²) in [6.07, 6.45) is 3.36. The molecular weight excluding hydrogens is 613 g/mol. The lowest BCUT2D eigenvalue weighted by Gasteiger charge is -2.12. The topological polar surface area (TPSA) is 46.6 Å². The SMILES string of the molecule is O=C1S/C(=C/c2ccc(OCc3ccc(Br)cc3)c(I)c2)C(=O)N1CCCc1ccccc1. The first-order valence-electron chi connectivity index (χ1n) is 10.5. The molecule has 0 bridgehead atoms. The average Bonchev–Trinajstić information content (AvgIpc) is 3.07. The average molecular weight is 634 g/mol. The fourth-order valence-electron chi connectivity index (χ4n) is 3.40. The molecule has 168 valence electrons. The molecule has 3 aromatic rings. The van der Waals surface area contributed by atoms with Crippen molar-refractivity contribution in [3.05, 3.63) is 102 Å². The second-order valence-electron chi connectivity index (χ2n) is 7.53. The van der Waals surface area contributed by atoms with E-state index in [1.54, 1.807) is 6.08 Å². The van der Waals surface area contributed by atoms with Gasteiger partial charge in [-0.05, 0) is 94.2 Å². The summed E-state index contributed by atoms with van der Waals surface area (Å²) in [5.41, 5.74) is 3.15. The van der Waals surface area contributed by atoms with Gasteiger partial charge in [-0.15, -0.1) is 0 Å². The van der Waals surface area contributed by atoms with Crippen molar-refractivity contribution in [3.63, 3.8) is 0 Å². The molecule has 1 fully saturated rings. The van der Waals surface area contributed by atoms with Crippen molar-refractivity contribution in [2.24, 2.45) is 0 Å². The van der Waals surface area contributed by atoms with E-state index in [2.05, 4.69) is 50.7 Å². The van der Waals surface area contributed by atoms with Crippen LogP contribution in [0.2, 0.25) is 0 Å².